The Labute approximate surface area is 151 Å². The van der Waals surface area contributed by atoms with E-state index in [0.29, 0.717) is 6.04 Å². The van der Waals surface area contributed by atoms with Crippen LogP contribution in [-0.2, 0) is 12.8 Å². The third-order valence-corrected chi connectivity index (χ3v) is 5.56. The van der Waals surface area contributed by atoms with Crippen molar-refractivity contribution in [3.8, 4) is 0 Å². The first kappa shape index (κ1) is 15.5. The van der Waals surface area contributed by atoms with E-state index in [-0.39, 0.29) is 0 Å². The summed E-state index contributed by atoms with van der Waals surface area (Å²) in [6.07, 6.45) is 4.71. The summed E-state index contributed by atoms with van der Waals surface area (Å²) in [4.78, 5) is 4.52. The van der Waals surface area contributed by atoms with Crippen molar-refractivity contribution < 1.29 is 0 Å². The second-order valence-corrected chi connectivity index (χ2v) is 7.26. The molecule has 8 heteroatoms. The van der Waals surface area contributed by atoms with Crippen LogP contribution in [0.15, 0.2) is 18.2 Å². The van der Waals surface area contributed by atoms with Crippen LogP contribution < -0.4 is 9.80 Å². The van der Waals surface area contributed by atoms with Gasteiger partial charge in [0.2, 0.25) is 0 Å². The van der Waals surface area contributed by atoms with Crippen molar-refractivity contribution in [1.29, 1.82) is 0 Å². The van der Waals surface area contributed by atoms with Crippen molar-refractivity contribution in [2.45, 2.75) is 38.6 Å². The minimum atomic E-state index is 0.412. The normalized spacial score (nSPS) is 17.2. The van der Waals surface area contributed by atoms with E-state index >= 15 is 0 Å². The number of aryl methyl sites for hydroxylation is 3. The smallest absolute Gasteiger partial charge is 0.178 e. The Hall–Kier alpha value is -2.77. The lowest BCUT2D eigenvalue weighted by Gasteiger charge is -2.44. The molecular weight excluding hydrogens is 328 g/mol. The molecule has 3 aromatic heterocycles. The molecule has 0 spiro atoms. The summed E-state index contributed by atoms with van der Waals surface area (Å²) in [5, 5.41) is 21.7. The lowest BCUT2D eigenvalue weighted by Crippen LogP contribution is -2.59. The van der Waals surface area contributed by atoms with Gasteiger partial charge in [-0.05, 0) is 56.4 Å². The van der Waals surface area contributed by atoms with Crippen LogP contribution in [0.1, 0.15) is 29.9 Å². The molecule has 0 aromatic carbocycles. The van der Waals surface area contributed by atoms with Crippen molar-refractivity contribution in [1.82, 2.24) is 30.0 Å². The van der Waals surface area contributed by atoms with E-state index in [1.807, 2.05) is 19.1 Å². The van der Waals surface area contributed by atoms with Gasteiger partial charge in [-0.1, -0.05) is 0 Å². The van der Waals surface area contributed by atoms with Gasteiger partial charge in [-0.25, -0.2) is 0 Å². The molecule has 0 saturated carbocycles. The predicted molar refractivity (Wildman–Crippen MR) is 98.6 cm³/mol. The van der Waals surface area contributed by atoms with Crippen LogP contribution in [0.3, 0.4) is 0 Å². The third-order valence-electron chi connectivity index (χ3n) is 5.56. The van der Waals surface area contributed by atoms with Gasteiger partial charge in [0.25, 0.3) is 0 Å². The molecule has 1 aliphatic heterocycles. The SMILES string of the molecule is Cc1nnc2ccc(N(C)C3CN(c4cc5c(nn4)CCCC5)C3)nn12. The fourth-order valence-corrected chi connectivity index (χ4v) is 3.78. The Morgan fingerprint density at radius 3 is 2.77 bits per heavy atom. The zero-order valence-corrected chi connectivity index (χ0v) is 15.1. The van der Waals surface area contributed by atoms with Crippen LogP contribution >= 0.6 is 0 Å². The van der Waals surface area contributed by atoms with Gasteiger partial charge in [0.15, 0.2) is 17.3 Å². The van der Waals surface area contributed by atoms with Crippen LogP contribution in [0.4, 0.5) is 11.6 Å². The molecule has 4 heterocycles. The summed E-state index contributed by atoms with van der Waals surface area (Å²) in [5.74, 6) is 2.74. The van der Waals surface area contributed by atoms with Gasteiger partial charge in [0.1, 0.15) is 5.82 Å². The fourth-order valence-electron chi connectivity index (χ4n) is 3.78. The zero-order chi connectivity index (χ0) is 17.7. The molecule has 8 nitrogen and oxygen atoms in total. The molecule has 1 aliphatic carbocycles. The molecule has 3 aromatic rings. The Balaban J connectivity index is 1.30. The summed E-state index contributed by atoms with van der Waals surface area (Å²) in [5.41, 5.74) is 3.35. The number of aromatic nitrogens is 6. The summed E-state index contributed by atoms with van der Waals surface area (Å²) >= 11 is 0. The van der Waals surface area contributed by atoms with Crippen LogP contribution in [0.25, 0.3) is 5.65 Å². The number of likely N-dealkylation sites (N-methyl/N-ethyl adjacent to an activating group) is 1. The lowest BCUT2D eigenvalue weighted by atomic mass is 9.96. The van der Waals surface area contributed by atoms with E-state index in [9.17, 15) is 0 Å². The molecule has 5 rings (SSSR count). The highest BCUT2D eigenvalue weighted by molar-refractivity contribution is 5.51. The molecule has 1 saturated heterocycles. The average Bonchev–Trinajstić information content (AvgIpc) is 3.01. The van der Waals surface area contributed by atoms with Gasteiger partial charge in [-0.3, -0.25) is 0 Å². The highest BCUT2D eigenvalue weighted by atomic mass is 15.4. The van der Waals surface area contributed by atoms with Crippen molar-refractivity contribution in [2.24, 2.45) is 0 Å². The largest absolute Gasteiger partial charge is 0.352 e. The molecule has 0 unspecified atom stereocenters. The highest BCUT2D eigenvalue weighted by Gasteiger charge is 2.32. The number of fused-ring (bicyclic) bond motifs is 2. The molecule has 1 fully saturated rings. The van der Waals surface area contributed by atoms with E-state index in [1.165, 1.54) is 24.1 Å². The average molecular weight is 350 g/mol. The molecule has 134 valence electrons. The Morgan fingerprint density at radius 1 is 1.04 bits per heavy atom. The first-order valence-electron chi connectivity index (χ1n) is 9.21. The zero-order valence-electron chi connectivity index (χ0n) is 15.1. The first-order chi connectivity index (χ1) is 12.7. The molecular formula is C18H22N8. The number of hydrogen-bond donors (Lipinski definition) is 0. The minimum absolute atomic E-state index is 0.412. The van der Waals surface area contributed by atoms with Gasteiger partial charge in [-0.2, -0.15) is 9.61 Å². The van der Waals surface area contributed by atoms with Crippen molar-refractivity contribution in [2.75, 3.05) is 29.9 Å². The first-order valence-corrected chi connectivity index (χ1v) is 9.21. The van der Waals surface area contributed by atoms with Crippen molar-refractivity contribution >= 4 is 17.3 Å². The maximum Gasteiger partial charge on any atom is 0.178 e. The maximum absolute atomic E-state index is 4.66. The Kier molecular flexibility index (Phi) is 3.51. The number of anilines is 2. The van der Waals surface area contributed by atoms with E-state index in [0.717, 1.165) is 49.0 Å². The standard InChI is InChI=1S/C18H22N8/c1-12-19-21-16-7-8-17(23-26(12)16)24(2)14-10-25(11-14)18-9-13-5-3-4-6-15(13)20-22-18/h7-9,14H,3-6,10-11H2,1-2H3. The fraction of sp³-hybridized carbons (Fsp3) is 0.500. The Morgan fingerprint density at radius 2 is 1.88 bits per heavy atom. The second kappa shape index (κ2) is 5.89. The third kappa shape index (κ3) is 2.48. The maximum atomic E-state index is 4.66. The minimum Gasteiger partial charge on any atom is -0.352 e. The molecule has 26 heavy (non-hydrogen) atoms. The van der Waals surface area contributed by atoms with E-state index in [1.54, 1.807) is 4.52 Å². The van der Waals surface area contributed by atoms with Gasteiger partial charge in [0, 0.05) is 20.1 Å². The van der Waals surface area contributed by atoms with Crippen LogP contribution in [-0.4, -0.2) is 56.2 Å². The molecule has 0 radical (unpaired) electrons. The van der Waals surface area contributed by atoms with Crippen LogP contribution in [0.5, 0.6) is 0 Å². The summed E-state index contributed by atoms with van der Waals surface area (Å²) in [7, 11) is 2.09. The predicted octanol–water partition coefficient (Wildman–Crippen LogP) is 1.43. The van der Waals surface area contributed by atoms with Crippen LogP contribution in [0.2, 0.25) is 0 Å². The van der Waals surface area contributed by atoms with Crippen molar-refractivity contribution in [3.05, 3.63) is 35.3 Å². The van der Waals surface area contributed by atoms with Crippen LogP contribution in [0, 0.1) is 6.92 Å². The molecule has 2 aliphatic rings. The lowest BCUT2D eigenvalue weighted by molar-refractivity contribution is 0.484. The molecule has 0 N–H and O–H groups in total. The summed E-state index contributed by atoms with van der Waals surface area (Å²) < 4.78 is 1.79. The van der Waals surface area contributed by atoms with Gasteiger partial charge < -0.3 is 9.80 Å². The molecule has 0 atom stereocenters. The monoisotopic (exact) mass is 350 g/mol. The Bertz CT molecular complexity index is 959. The van der Waals surface area contributed by atoms with E-state index in [4.69, 9.17) is 0 Å². The van der Waals surface area contributed by atoms with Crippen molar-refractivity contribution in [3.63, 3.8) is 0 Å². The quantitative estimate of drug-likeness (QED) is 0.707. The second-order valence-electron chi connectivity index (χ2n) is 7.26. The summed E-state index contributed by atoms with van der Waals surface area (Å²) in [6.45, 7) is 3.78. The molecule has 0 bridgehead atoms. The van der Waals surface area contributed by atoms with Gasteiger partial charge >= 0.3 is 0 Å². The van der Waals surface area contributed by atoms with E-state index < -0.39 is 0 Å². The van der Waals surface area contributed by atoms with E-state index in [2.05, 4.69) is 48.4 Å². The highest BCUT2D eigenvalue weighted by Crippen LogP contribution is 2.27. The number of rotatable bonds is 3. The molecule has 0 amide bonds. The van der Waals surface area contributed by atoms with Gasteiger partial charge in [0.05, 0.1) is 11.7 Å². The summed E-state index contributed by atoms with van der Waals surface area (Å²) in [6, 6.07) is 6.62. The number of nitrogens with zero attached hydrogens (tertiary/aromatic N) is 8. The topological polar surface area (TPSA) is 75.3 Å². The number of hydrogen-bond acceptors (Lipinski definition) is 7. The van der Waals surface area contributed by atoms with Gasteiger partial charge in [-0.15, -0.1) is 20.4 Å².